The van der Waals surface area contributed by atoms with E-state index in [0.29, 0.717) is 38.9 Å². The molecular formula is C28H42O11. The maximum atomic E-state index is 12.7. The van der Waals surface area contributed by atoms with E-state index in [-0.39, 0.29) is 62.8 Å². The number of carbonyl (C=O) groups excluding carboxylic acids is 4. The van der Waals surface area contributed by atoms with E-state index in [0.717, 1.165) is 25.7 Å². The predicted octanol–water partition coefficient (Wildman–Crippen LogP) is 2.36. The Hall–Kier alpha value is -2.24. The topological polar surface area (TPSA) is 139 Å². The van der Waals surface area contributed by atoms with Gasteiger partial charge in [0.2, 0.25) is 0 Å². The van der Waals surface area contributed by atoms with E-state index in [1.165, 1.54) is 0 Å². The molecule has 0 aromatic heterocycles. The second kappa shape index (κ2) is 14.4. The summed E-state index contributed by atoms with van der Waals surface area (Å²) in [7, 11) is 0. The largest absolute Gasteiger partial charge is 0.465 e. The van der Waals surface area contributed by atoms with Gasteiger partial charge in [-0.05, 0) is 38.5 Å². The summed E-state index contributed by atoms with van der Waals surface area (Å²) >= 11 is 0. The van der Waals surface area contributed by atoms with Crippen molar-refractivity contribution < 1.29 is 52.3 Å². The fraction of sp³-hybridized carbons (Fsp3) is 0.857. The Bertz CT molecular complexity index is 792. The molecule has 0 spiro atoms. The fourth-order valence-corrected chi connectivity index (χ4v) is 5.45. The molecule has 0 unspecified atom stereocenters. The smallest absolute Gasteiger partial charge is 0.309 e. The monoisotopic (exact) mass is 554 g/mol. The molecule has 220 valence electrons. The van der Waals surface area contributed by atoms with Gasteiger partial charge in [-0.25, -0.2) is 0 Å². The van der Waals surface area contributed by atoms with Crippen LogP contribution in [-0.4, -0.2) is 87.9 Å². The van der Waals surface area contributed by atoms with Crippen molar-refractivity contribution in [3.05, 3.63) is 0 Å². The van der Waals surface area contributed by atoms with E-state index in [1.54, 1.807) is 0 Å². The Labute approximate surface area is 229 Å². The van der Waals surface area contributed by atoms with Gasteiger partial charge in [0, 0.05) is 0 Å². The van der Waals surface area contributed by atoms with E-state index in [1.807, 2.05) is 13.8 Å². The lowest BCUT2D eigenvalue weighted by Gasteiger charge is -2.26. The number of ether oxygens (including phenoxy) is 7. The van der Waals surface area contributed by atoms with E-state index in [9.17, 15) is 19.2 Å². The zero-order valence-electron chi connectivity index (χ0n) is 23.0. The third-order valence-electron chi connectivity index (χ3n) is 7.93. The lowest BCUT2D eigenvalue weighted by atomic mass is 9.79. The maximum Gasteiger partial charge on any atom is 0.309 e. The lowest BCUT2D eigenvalue weighted by Crippen LogP contribution is -2.38. The van der Waals surface area contributed by atoms with Gasteiger partial charge >= 0.3 is 23.9 Å². The summed E-state index contributed by atoms with van der Waals surface area (Å²) in [5.41, 5.74) is 0. The summed E-state index contributed by atoms with van der Waals surface area (Å²) in [5, 5.41) is 0. The van der Waals surface area contributed by atoms with Crippen LogP contribution in [0.3, 0.4) is 0 Å². The van der Waals surface area contributed by atoms with Crippen molar-refractivity contribution in [2.45, 2.75) is 89.6 Å². The third-order valence-corrected chi connectivity index (χ3v) is 7.93. The Kier molecular flexibility index (Phi) is 11.0. The molecule has 2 saturated carbocycles. The molecule has 2 heterocycles. The van der Waals surface area contributed by atoms with Gasteiger partial charge in [-0.15, -0.1) is 0 Å². The molecule has 11 heteroatoms. The number of carbonyl (C=O) groups is 4. The van der Waals surface area contributed by atoms with Crippen LogP contribution in [-0.2, 0) is 52.3 Å². The first kappa shape index (κ1) is 29.7. The first-order valence-corrected chi connectivity index (χ1v) is 14.5. The lowest BCUT2D eigenvalue weighted by molar-refractivity contribution is -0.164. The number of fused-ring (bicyclic) bond motifs is 2. The summed E-state index contributed by atoms with van der Waals surface area (Å²) in [4.78, 5) is 50.4. The zero-order chi connectivity index (χ0) is 27.8. The quantitative estimate of drug-likeness (QED) is 0.120. The molecule has 0 aromatic rings. The molecule has 0 N–H and O–H groups in total. The minimum absolute atomic E-state index is 0.00694. The fourth-order valence-electron chi connectivity index (χ4n) is 5.45. The Balaban J connectivity index is 1.11. The van der Waals surface area contributed by atoms with Gasteiger partial charge in [-0.1, -0.05) is 26.7 Å². The van der Waals surface area contributed by atoms with E-state index in [4.69, 9.17) is 33.2 Å². The highest BCUT2D eigenvalue weighted by molar-refractivity contribution is 5.83. The first-order chi connectivity index (χ1) is 18.9. The van der Waals surface area contributed by atoms with Gasteiger partial charge in [-0.3, -0.25) is 19.2 Å². The summed E-state index contributed by atoms with van der Waals surface area (Å²) in [6.45, 7) is 5.01. The molecule has 2 aliphatic carbocycles. The molecule has 39 heavy (non-hydrogen) atoms. The third kappa shape index (κ3) is 8.38. The molecule has 11 nitrogen and oxygen atoms in total. The molecule has 2 saturated heterocycles. The number of hydrogen-bond donors (Lipinski definition) is 0. The van der Waals surface area contributed by atoms with E-state index in [2.05, 4.69) is 0 Å². The van der Waals surface area contributed by atoms with Crippen LogP contribution in [0, 0.1) is 23.7 Å². The van der Waals surface area contributed by atoms with Gasteiger partial charge in [-0.2, -0.15) is 0 Å². The van der Waals surface area contributed by atoms with Gasteiger partial charge in [0.25, 0.3) is 0 Å². The number of hydrogen-bond acceptors (Lipinski definition) is 11. The molecule has 2 aliphatic heterocycles. The minimum Gasteiger partial charge on any atom is -0.465 e. The van der Waals surface area contributed by atoms with Crippen LogP contribution in [0.25, 0.3) is 0 Å². The average molecular weight is 555 g/mol. The Morgan fingerprint density at radius 3 is 1.13 bits per heavy atom. The van der Waals surface area contributed by atoms with Crippen molar-refractivity contribution in [2.75, 3.05) is 39.6 Å². The van der Waals surface area contributed by atoms with E-state index >= 15 is 0 Å². The van der Waals surface area contributed by atoms with Crippen LogP contribution in [0.4, 0.5) is 0 Å². The zero-order valence-corrected chi connectivity index (χ0v) is 23.0. The summed E-state index contributed by atoms with van der Waals surface area (Å²) in [5.74, 6) is -3.92. The standard InChI is InChI=1S/C28H42O11/c1-3-5-7-34-25(29)17-13-21-23(38-21)15-19(17)27(31)36-11-9-33-10-12-37-28(32)20-16-24-22(39-24)14-18(20)26(30)35-8-6-4-2/h17-24H,3-16H2,1-2H3/t17-,18+,19+,20-,21-,22-,23+,24-/m0/s1. The molecule has 0 amide bonds. The Morgan fingerprint density at radius 2 is 0.821 bits per heavy atom. The molecular weight excluding hydrogens is 512 g/mol. The normalized spacial score (nSPS) is 32.3. The van der Waals surface area contributed by atoms with Gasteiger partial charge in [0.1, 0.15) is 13.2 Å². The van der Waals surface area contributed by atoms with E-state index < -0.39 is 35.6 Å². The van der Waals surface area contributed by atoms with Crippen molar-refractivity contribution in [3.8, 4) is 0 Å². The van der Waals surface area contributed by atoms with Crippen molar-refractivity contribution in [1.82, 2.24) is 0 Å². The van der Waals surface area contributed by atoms with Gasteiger partial charge in [0.15, 0.2) is 0 Å². The molecule has 0 bridgehead atoms. The highest BCUT2D eigenvalue weighted by Gasteiger charge is 2.54. The number of esters is 4. The second-order valence-electron chi connectivity index (χ2n) is 10.8. The van der Waals surface area contributed by atoms with Crippen molar-refractivity contribution in [2.24, 2.45) is 23.7 Å². The highest BCUT2D eigenvalue weighted by Crippen LogP contribution is 2.44. The summed E-state index contributed by atoms with van der Waals surface area (Å²) in [6.07, 6.45) is 5.32. The van der Waals surface area contributed by atoms with Gasteiger partial charge < -0.3 is 33.2 Å². The second-order valence-corrected chi connectivity index (χ2v) is 10.8. The van der Waals surface area contributed by atoms with Crippen LogP contribution in [0.2, 0.25) is 0 Å². The molecule has 0 aromatic carbocycles. The van der Waals surface area contributed by atoms with Crippen LogP contribution < -0.4 is 0 Å². The number of epoxide rings is 2. The Morgan fingerprint density at radius 1 is 0.513 bits per heavy atom. The predicted molar refractivity (Wildman–Crippen MR) is 134 cm³/mol. The minimum atomic E-state index is -0.587. The van der Waals surface area contributed by atoms with Crippen molar-refractivity contribution >= 4 is 23.9 Å². The molecule has 4 rings (SSSR count). The van der Waals surface area contributed by atoms with Crippen LogP contribution in [0.1, 0.15) is 65.2 Å². The summed E-state index contributed by atoms with van der Waals surface area (Å²) in [6, 6.07) is 0. The van der Waals surface area contributed by atoms with Gasteiger partial charge in [0.05, 0.1) is 74.5 Å². The number of unbranched alkanes of at least 4 members (excludes halogenated alkanes) is 2. The van der Waals surface area contributed by atoms with Crippen LogP contribution in [0.5, 0.6) is 0 Å². The summed E-state index contributed by atoms with van der Waals surface area (Å²) < 4.78 is 38.0. The molecule has 4 aliphatic rings. The molecule has 8 atom stereocenters. The molecule has 0 radical (unpaired) electrons. The number of rotatable bonds is 16. The van der Waals surface area contributed by atoms with Crippen molar-refractivity contribution in [1.29, 1.82) is 0 Å². The first-order valence-electron chi connectivity index (χ1n) is 14.5. The average Bonchev–Trinajstić information content (AvgIpc) is 3.85. The highest BCUT2D eigenvalue weighted by atomic mass is 16.6. The van der Waals surface area contributed by atoms with Crippen LogP contribution >= 0.6 is 0 Å². The van der Waals surface area contributed by atoms with Crippen molar-refractivity contribution in [3.63, 3.8) is 0 Å². The van der Waals surface area contributed by atoms with Crippen LogP contribution in [0.15, 0.2) is 0 Å². The SMILES string of the molecule is CCCCOC(=O)[C@H]1C[C@@H]2O[C@@H]2C[C@H]1C(=O)OCCOCCOC(=O)[C@H]1C[C@@H]2O[C@H]2C[C@H]1C(=O)OCCCC. The molecule has 4 fully saturated rings. The maximum absolute atomic E-state index is 12.7.